The SMILES string of the molecule is C[C@H](CNC(=O)N1CCC[C@H](c2nncn2C)C1)N1CCCC1. The van der Waals surface area contributed by atoms with Gasteiger partial charge in [0.2, 0.25) is 0 Å². The highest BCUT2D eigenvalue weighted by molar-refractivity contribution is 5.74. The zero-order valence-corrected chi connectivity index (χ0v) is 14.2. The molecule has 2 aliphatic heterocycles. The second-order valence-corrected chi connectivity index (χ2v) is 6.86. The fraction of sp³-hybridized carbons (Fsp3) is 0.812. The van der Waals surface area contributed by atoms with Crippen molar-refractivity contribution in [2.45, 2.75) is 44.6 Å². The molecule has 1 N–H and O–H groups in total. The first-order valence-electron chi connectivity index (χ1n) is 8.76. The summed E-state index contributed by atoms with van der Waals surface area (Å²) in [5.74, 6) is 1.27. The van der Waals surface area contributed by atoms with Gasteiger partial charge in [-0.3, -0.25) is 4.90 Å². The van der Waals surface area contributed by atoms with E-state index < -0.39 is 0 Å². The zero-order valence-electron chi connectivity index (χ0n) is 14.2. The Labute approximate surface area is 138 Å². The Morgan fingerprint density at radius 2 is 2.13 bits per heavy atom. The number of likely N-dealkylation sites (tertiary alicyclic amines) is 2. The standard InChI is InChI=1S/C16H28N6O/c1-13(21-7-3-4-8-21)10-17-16(23)22-9-5-6-14(11-22)15-19-18-12-20(15)2/h12-14H,3-11H2,1-2H3,(H,17,23)/t13-,14+/m1/s1. The molecule has 3 heterocycles. The number of nitrogens with zero attached hydrogens (tertiary/aromatic N) is 5. The molecule has 0 aromatic carbocycles. The minimum absolute atomic E-state index is 0.0583. The summed E-state index contributed by atoms with van der Waals surface area (Å²) in [7, 11) is 1.96. The van der Waals surface area contributed by atoms with Gasteiger partial charge >= 0.3 is 6.03 Å². The van der Waals surface area contributed by atoms with E-state index in [2.05, 4.69) is 27.3 Å². The van der Waals surface area contributed by atoms with E-state index in [4.69, 9.17) is 0 Å². The molecule has 0 unspecified atom stereocenters. The van der Waals surface area contributed by atoms with Gasteiger partial charge in [-0.1, -0.05) is 0 Å². The van der Waals surface area contributed by atoms with Gasteiger partial charge in [-0.15, -0.1) is 10.2 Å². The summed E-state index contributed by atoms with van der Waals surface area (Å²) in [6.07, 6.45) is 6.38. The van der Waals surface area contributed by atoms with Crippen molar-refractivity contribution < 1.29 is 4.79 Å². The summed E-state index contributed by atoms with van der Waals surface area (Å²) in [6, 6.07) is 0.476. The van der Waals surface area contributed by atoms with Crippen molar-refractivity contribution >= 4 is 6.03 Å². The fourth-order valence-corrected chi connectivity index (χ4v) is 3.69. The largest absolute Gasteiger partial charge is 0.336 e. The Kier molecular flexibility index (Phi) is 5.15. The number of carbonyl (C=O) groups excluding carboxylic acids is 1. The van der Waals surface area contributed by atoms with Crippen LogP contribution in [0.2, 0.25) is 0 Å². The third-order valence-corrected chi connectivity index (χ3v) is 5.13. The lowest BCUT2D eigenvalue weighted by atomic mass is 9.97. The van der Waals surface area contributed by atoms with Crippen LogP contribution >= 0.6 is 0 Å². The molecule has 7 heteroatoms. The molecule has 7 nitrogen and oxygen atoms in total. The van der Waals surface area contributed by atoms with Crippen LogP contribution in [0.4, 0.5) is 4.79 Å². The molecule has 0 radical (unpaired) electrons. The Morgan fingerprint density at radius 3 is 2.83 bits per heavy atom. The Bertz CT molecular complexity index is 524. The number of aryl methyl sites for hydroxylation is 1. The Morgan fingerprint density at radius 1 is 1.35 bits per heavy atom. The number of hydrogen-bond donors (Lipinski definition) is 1. The van der Waals surface area contributed by atoms with Crippen LogP contribution in [0.25, 0.3) is 0 Å². The molecule has 1 aromatic heterocycles. The molecule has 128 valence electrons. The molecule has 3 rings (SSSR count). The molecule has 1 aromatic rings. The van der Waals surface area contributed by atoms with Gasteiger partial charge in [-0.05, 0) is 45.7 Å². The fourth-order valence-electron chi connectivity index (χ4n) is 3.69. The second-order valence-electron chi connectivity index (χ2n) is 6.86. The van der Waals surface area contributed by atoms with Gasteiger partial charge in [0.15, 0.2) is 0 Å². The van der Waals surface area contributed by atoms with Crippen molar-refractivity contribution in [1.29, 1.82) is 0 Å². The second kappa shape index (κ2) is 7.29. The molecule has 0 bridgehead atoms. The smallest absolute Gasteiger partial charge is 0.317 e. The van der Waals surface area contributed by atoms with E-state index in [-0.39, 0.29) is 11.9 Å². The van der Waals surface area contributed by atoms with E-state index in [1.165, 1.54) is 12.8 Å². The van der Waals surface area contributed by atoms with Gasteiger partial charge in [-0.25, -0.2) is 4.79 Å². The van der Waals surface area contributed by atoms with Crippen LogP contribution in [0.3, 0.4) is 0 Å². The molecule has 0 aliphatic carbocycles. The zero-order chi connectivity index (χ0) is 16.2. The number of urea groups is 1. The highest BCUT2D eigenvalue weighted by Crippen LogP contribution is 2.24. The molecule has 0 saturated carbocycles. The maximum absolute atomic E-state index is 12.5. The first kappa shape index (κ1) is 16.2. The monoisotopic (exact) mass is 320 g/mol. The van der Waals surface area contributed by atoms with Gasteiger partial charge in [0.25, 0.3) is 0 Å². The topological polar surface area (TPSA) is 66.3 Å². The van der Waals surface area contributed by atoms with Crippen LogP contribution in [-0.2, 0) is 7.05 Å². The minimum Gasteiger partial charge on any atom is -0.336 e. The van der Waals surface area contributed by atoms with E-state index >= 15 is 0 Å². The average Bonchev–Trinajstić information content (AvgIpc) is 3.24. The summed E-state index contributed by atoms with van der Waals surface area (Å²) in [6.45, 7) is 6.81. The lowest BCUT2D eigenvalue weighted by Gasteiger charge is -2.33. The molecule has 2 saturated heterocycles. The average molecular weight is 320 g/mol. The third kappa shape index (κ3) is 3.83. The van der Waals surface area contributed by atoms with E-state index in [9.17, 15) is 4.79 Å². The number of amides is 2. The Hall–Kier alpha value is -1.63. The normalized spacial score (nSPS) is 23.9. The maximum atomic E-state index is 12.5. The van der Waals surface area contributed by atoms with Crippen molar-refractivity contribution in [1.82, 2.24) is 29.9 Å². The Balaban J connectivity index is 1.50. The quantitative estimate of drug-likeness (QED) is 0.905. The summed E-state index contributed by atoms with van der Waals surface area (Å²) in [4.78, 5) is 16.9. The maximum Gasteiger partial charge on any atom is 0.317 e. The first-order chi connectivity index (χ1) is 11.1. The molecular formula is C16H28N6O. The molecule has 2 atom stereocenters. The van der Waals surface area contributed by atoms with Gasteiger partial charge in [0, 0.05) is 38.6 Å². The summed E-state index contributed by atoms with van der Waals surface area (Å²) in [5, 5.41) is 11.3. The highest BCUT2D eigenvalue weighted by Gasteiger charge is 2.28. The van der Waals surface area contributed by atoms with Crippen molar-refractivity contribution in [3.05, 3.63) is 12.2 Å². The van der Waals surface area contributed by atoms with Crippen LogP contribution in [0, 0.1) is 0 Å². The minimum atomic E-state index is 0.0583. The number of piperidine rings is 1. The molecule has 2 amide bonds. The van der Waals surface area contributed by atoms with Crippen LogP contribution in [0.1, 0.15) is 44.3 Å². The van der Waals surface area contributed by atoms with Gasteiger partial charge in [0.05, 0.1) is 0 Å². The van der Waals surface area contributed by atoms with E-state index in [1.807, 2.05) is 16.5 Å². The van der Waals surface area contributed by atoms with Crippen molar-refractivity contribution in [2.75, 3.05) is 32.7 Å². The summed E-state index contributed by atoms with van der Waals surface area (Å²) >= 11 is 0. The molecule has 2 fully saturated rings. The third-order valence-electron chi connectivity index (χ3n) is 5.13. The van der Waals surface area contributed by atoms with Crippen LogP contribution in [0.5, 0.6) is 0 Å². The lowest BCUT2D eigenvalue weighted by Crippen LogP contribution is -2.48. The predicted octanol–water partition coefficient (Wildman–Crippen LogP) is 1.19. The number of hydrogen-bond acceptors (Lipinski definition) is 4. The summed E-state index contributed by atoms with van der Waals surface area (Å²) < 4.78 is 1.96. The van der Waals surface area contributed by atoms with Gasteiger partial charge in [0.1, 0.15) is 12.2 Å². The summed E-state index contributed by atoms with van der Waals surface area (Å²) in [5.41, 5.74) is 0. The lowest BCUT2D eigenvalue weighted by molar-refractivity contribution is 0.172. The number of carbonyl (C=O) groups is 1. The van der Waals surface area contributed by atoms with E-state index in [1.54, 1.807) is 6.33 Å². The van der Waals surface area contributed by atoms with Gasteiger partial charge < -0.3 is 14.8 Å². The molecule has 23 heavy (non-hydrogen) atoms. The van der Waals surface area contributed by atoms with Crippen LogP contribution < -0.4 is 5.32 Å². The van der Waals surface area contributed by atoms with Crippen molar-refractivity contribution in [2.24, 2.45) is 7.05 Å². The number of nitrogens with one attached hydrogen (secondary N) is 1. The highest BCUT2D eigenvalue weighted by atomic mass is 16.2. The number of rotatable bonds is 4. The number of aromatic nitrogens is 3. The van der Waals surface area contributed by atoms with E-state index in [0.717, 1.165) is 51.4 Å². The predicted molar refractivity (Wildman–Crippen MR) is 88.2 cm³/mol. The molecule has 2 aliphatic rings. The first-order valence-corrected chi connectivity index (χ1v) is 8.76. The van der Waals surface area contributed by atoms with Crippen molar-refractivity contribution in [3.63, 3.8) is 0 Å². The molecule has 0 spiro atoms. The van der Waals surface area contributed by atoms with Crippen LogP contribution in [0.15, 0.2) is 6.33 Å². The van der Waals surface area contributed by atoms with Gasteiger partial charge in [-0.2, -0.15) is 0 Å². The molecular weight excluding hydrogens is 292 g/mol. The van der Waals surface area contributed by atoms with Crippen molar-refractivity contribution in [3.8, 4) is 0 Å². The van der Waals surface area contributed by atoms with E-state index in [0.29, 0.717) is 6.04 Å². The van der Waals surface area contributed by atoms with Crippen LogP contribution in [-0.4, -0.2) is 69.4 Å².